The molecule has 2 aliphatic rings. The summed E-state index contributed by atoms with van der Waals surface area (Å²) in [5.41, 5.74) is 0.490. The van der Waals surface area contributed by atoms with E-state index in [1.165, 1.54) is 18.5 Å². The molecule has 3 aromatic rings. The first-order valence-electron chi connectivity index (χ1n) is 10.6. The summed E-state index contributed by atoms with van der Waals surface area (Å²) < 4.78 is 20.6. The number of aromatic nitrogens is 3. The summed E-state index contributed by atoms with van der Waals surface area (Å²) in [5, 5.41) is 24.8. The van der Waals surface area contributed by atoms with Gasteiger partial charge >= 0.3 is 0 Å². The lowest BCUT2D eigenvalue weighted by Crippen LogP contribution is -2.47. The van der Waals surface area contributed by atoms with Crippen molar-refractivity contribution in [1.82, 2.24) is 15.0 Å². The standard InChI is InChI=1S/C23H24ClFN4O3/c1-23(2,31)13-6-11-5-12(7-16(25)20(11)26-9-13)19-15(24)10-27-22(29-19)28-17-8-14-3-4-18(32-14)21(17)30/h5-7,9-10,14,17-18,21,30-31H,3-4,8H2,1-2H3,(H,27,28,29)/t14-,17-,18+,21+/m1/s1. The van der Waals surface area contributed by atoms with Crippen LogP contribution < -0.4 is 5.32 Å². The summed E-state index contributed by atoms with van der Waals surface area (Å²) in [4.78, 5) is 12.9. The van der Waals surface area contributed by atoms with E-state index in [4.69, 9.17) is 16.3 Å². The summed E-state index contributed by atoms with van der Waals surface area (Å²) in [5.74, 6) is -0.209. The van der Waals surface area contributed by atoms with E-state index in [0.29, 0.717) is 34.6 Å². The van der Waals surface area contributed by atoms with E-state index >= 15 is 0 Å². The van der Waals surface area contributed by atoms with Crippen molar-refractivity contribution < 1.29 is 19.3 Å². The third-order valence-electron chi connectivity index (χ3n) is 6.23. The van der Waals surface area contributed by atoms with Gasteiger partial charge in [-0.3, -0.25) is 4.98 Å². The Morgan fingerprint density at radius 3 is 2.78 bits per heavy atom. The van der Waals surface area contributed by atoms with Crippen molar-refractivity contribution in [3.63, 3.8) is 0 Å². The van der Waals surface area contributed by atoms with Crippen molar-refractivity contribution >= 4 is 28.5 Å². The van der Waals surface area contributed by atoms with Crippen LogP contribution in [0.3, 0.4) is 0 Å². The minimum absolute atomic E-state index is 0.125. The highest BCUT2D eigenvalue weighted by Gasteiger charge is 2.42. The average Bonchev–Trinajstić information content (AvgIpc) is 3.15. The lowest BCUT2D eigenvalue weighted by Gasteiger charge is -2.33. The van der Waals surface area contributed by atoms with Crippen LogP contribution in [0.25, 0.3) is 22.2 Å². The Bertz CT molecular complexity index is 1190. The molecule has 32 heavy (non-hydrogen) atoms. The molecule has 2 saturated heterocycles. The number of nitrogens with one attached hydrogen (secondary N) is 1. The molecular weight excluding hydrogens is 435 g/mol. The number of benzene rings is 1. The molecule has 2 fully saturated rings. The fourth-order valence-electron chi connectivity index (χ4n) is 4.47. The van der Waals surface area contributed by atoms with Gasteiger partial charge in [-0.2, -0.15) is 0 Å². The molecule has 0 aliphatic carbocycles. The SMILES string of the molecule is CC(C)(O)c1cnc2c(F)cc(-c3nc(N[C@@H]4C[C@H]5CC[C@H](O5)[C@H]4O)ncc3Cl)cc2c1. The van der Waals surface area contributed by atoms with E-state index in [9.17, 15) is 14.6 Å². The lowest BCUT2D eigenvalue weighted by atomic mass is 9.98. The van der Waals surface area contributed by atoms with Crippen LogP contribution in [0.4, 0.5) is 10.3 Å². The van der Waals surface area contributed by atoms with Crippen molar-refractivity contribution in [2.75, 3.05) is 5.32 Å². The molecule has 7 nitrogen and oxygen atoms in total. The first kappa shape index (κ1) is 21.5. The Kier molecular flexibility index (Phi) is 5.28. The second kappa shape index (κ2) is 7.88. The Balaban J connectivity index is 1.50. The van der Waals surface area contributed by atoms with Gasteiger partial charge in [-0.1, -0.05) is 11.6 Å². The molecule has 1 aromatic carbocycles. The van der Waals surface area contributed by atoms with Gasteiger partial charge in [-0.25, -0.2) is 14.4 Å². The topological polar surface area (TPSA) is 100 Å². The summed E-state index contributed by atoms with van der Waals surface area (Å²) in [6.45, 7) is 3.29. The number of halogens is 2. The van der Waals surface area contributed by atoms with Crippen molar-refractivity contribution in [3.8, 4) is 11.3 Å². The summed E-state index contributed by atoms with van der Waals surface area (Å²) in [6.07, 6.45) is 4.66. The molecule has 0 amide bonds. The third kappa shape index (κ3) is 3.92. The molecule has 0 saturated carbocycles. The van der Waals surface area contributed by atoms with Crippen molar-refractivity contribution in [2.24, 2.45) is 0 Å². The highest BCUT2D eigenvalue weighted by atomic mass is 35.5. The predicted octanol–water partition coefficient (Wildman–Crippen LogP) is 3.80. The third-order valence-corrected chi connectivity index (χ3v) is 6.50. The molecule has 2 aromatic heterocycles. The van der Waals surface area contributed by atoms with Gasteiger partial charge in [0.05, 0.1) is 40.8 Å². The fraction of sp³-hybridized carbons (Fsp3) is 0.435. The van der Waals surface area contributed by atoms with Gasteiger partial charge in [0.1, 0.15) is 17.4 Å². The number of hydrogen-bond donors (Lipinski definition) is 3. The summed E-state index contributed by atoms with van der Waals surface area (Å²) in [7, 11) is 0. The van der Waals surface area contributed by atoms with Crippen LogP contribution in [0, 0.1) is 5.82 Å². The Labute approximate surface area is 189 Å². The van der Waals surface area contributed by atoms with Crippen LogP contribution >= 0.6 is 11.6 Å². The van der Waals surface area contributed by atoms with E-state index in [2.05, 4.69) is 20.3 Å². The van der Waals surface area contributed by atoms with Gasteiger partial charge in [-0.05, 0) is 51.3 Å². The van der Waals surface area contributed by atoms with E-state index in [1.54, 1.807) is 26.0 Å². The molecule has 0 spiro atoms. The normalized spacial score (nSPS) is 25.3. The van der Waals surface area contributed by atoms with Crippen LogP contribution in [0.2, 0.25) is 5.02 Å². The highest BCUT2D eigenvalue weighted by Crippen LogP contribution is 2.35. The second-order valence-electron chi connectivity index (χ2n) is 9.05. The van der Waals surface area contributed by atoms with E-state index in [0.717, 1.165) is 12.8 Å². The van der Waals surface area contributed by atoms with Gasteiger partial charge < -0.3 is 20.3 Å². The molecule has 4 heterocycles. The largest absolute Gasteiger partial charge is 0.388 e. The highest BCUT2D eigenvalue weighted by molar-refractivity contribution is 6.33. The molecule has 5 rings (SSSR count). The Hall–Kier alpha value is -2.39. The van der Waals surface area contributed by atoms with Crippen molar-refractivity contribution in [1.29, 1.82) is 0 Å². The number of pyridine rings is 1. The molecule has 168 valence electrons. The number of aliphatic hydroxyl groups excluding tert-OH is 1. The molecule has 9 heteroatoms. The molecule has 0 unspecified atom stereocenters. The fourth-order valence-corrected chi connectivity index (χ4v) is 4.67. The maximum Gasteiger partial charge on any atom is 0.223 e. The number of nitrogens with zero attached hydrogens (tertiary/aromatic N) is 3. The van der Waals surface area contributed by atoms with Gasteiger partial charge in [0, 0.05) is 22.7 Å². The molecule has 2 bridgehead atoms. The zero-order valence-electron chi connectivity index (χ0n) is 17.7. The molecule has 4 atom stereocenters. The van der Waals surface area contributed by atoms with E-state index in [-0.39, 0.29) is 28.8 Å². The lowest BCUT2D eigenvalue weighted by molar-refractivity contribution is -0.0811. The molecule has 0 radical (unpaired) electrons. The van der Waals surface area contributed by atoms with Gasteiger partial charge in [0.2, 0.25) is 5.95 Å². The molecule has 3 N–H and O–H groups in total. The number of ether oxygens (including phenoxy) is 1. The smallest absolute Gasteiger partial charge is 0.223 e. The maximum atomic E-state index is 14.8. The minimum atomic E-state index is -1.11. The number of aliphatic hydroxyl groups is 2. The first-order valence-corrected chi connectivity index (χ1v) is 11.0. The van der Waals surface area contributed by atoms with E-state index in [1.807, 2.05) is 0 Å². The number of hydrogen-bond acceptors (Lipinski definition) is 7. The Morgan fingerprint density at radius 1 is 1.19 bits per heavy atom. The van der Waals surface area contributed by atoms with Gasteiger partial charge in [-0.15, -0.1) is 0 Å². The van der Waals surface area contributed by atoms with E-state index < -0.39 is 17.5 Å². The minimum Gasteiger partial charge on any atom is -0.388 e. The Morgan fingerprint density at radius 2 is 2.00 bits per heavy atom. The zero-order chi connectivity index (χ0) is 22.6. The number of fused-ring (bicyclic) bond motifs is 3. The summed E-state index contributed by atoms with van der Waals surface area (Å²) in [6, 6.07) is 4.54. The average molecular weight is 459 g/mol. The van der Waals surface area contributed by atoms with Gasteiger partial charge in [0.25, 0.3) is 0 Å². The quantitative estimate of drug-likeness (QED) is 0.546. The molecular formula is C23H24ClFN4O3. The number of anilines is 1. The summed E-state index contributed by atoms with van der Waals surface area (Å²) >= 11 is 6.37. The van der Waals surface area contributed by atoms with Gasteiger partial charge in [0.15, 0.2) is 0 Å². The van der Waals surface area contributed by atoms with Crippen LogP contribution in [-0.4, -0.2) is 49.5 Å². The van der Waals surface area contributed by atoms with Crippen molar-refractivity contribution in [3.05, 3.63) is 47.0 Å². The zero-order valence-corrected chi connectivity index (χ0v) is 18.5. The molecule has 2 aliphatic heterocycles. The first-order chi connectivity index (χ1) is 15.2. The predicted molar refractivity (Wildman–Crippen MR) is 119 cm³/mol. The monoisotopic (exact) mass is 458 g/mol. The van der Waals surface area contributed by atoms with Crippen LogP contribution in [0.15, 0.2) is 30.6 Å². The maximum absolute atomic E-state index is 14.8. The van der Waals surface area contributed by atoms with Crippen LogP contribution in [0.1, 0.15) is 38.7 Å². The van der Waals surface area contributed by atoms with Crippen molar-refractivity contribution in [2.45, 2.75) is 63.1 Å². The number of rotatable bonds is 4. The van der Waals surface area contributed by atoms with Crippen LogP contribution in [-0.2, 0) is 10.3 Å². The van der Waals surface area contributed by atoms with Crippen LogP contribution in [0.5, 0.6) is 0 Å². The second-order valence-corrected chi connectivity index (χ2v) is 9.46.